The molecule has 0 unspecified atom stereocenters. The summed E-state index contributed by atoms with van der Waals surface area (Å²) in [5, 5.41) is 0.600. The van der Waals surface area contributed by atoms with Crippen molar-refractivity contribution in [3.05, 3.63) is 32.4 Å². The number of hydrogen-bond acceptors (Lipinski definition) is 2. The van der Waals surface area contributed by atoms with Crippen molar-refractivity contribution < 1.29 is 4.79 Å². The van der Waals surface area contributed by atoms with Gasteiger partial charge in [-0.15, -0.1) is 0 Å². The molecule has 0 aromatic heterocycles. The molecule has 1 amide bonds. The van der Waals surface area contributed by atoms with Crippen molar-refractivity contribution in [3.8, 4) is 0 Å². The quantitative estimate of drug-likeness (QED) is 0.785. The lowest BCUT2D eigenvalue weighted by molar-refractivity contribution is 0.0689. The van der Waals surface area contributed by atoms with E-state index in [2.05, 4.69) is 22.6 Å². The Morgan fingerprint density at radius 2 is 2.00 bits per heavy atom. The Bertz CT molecular complexity index is 473. The van der Waals surface area contributed by atoms with Crippen LogP contribution in [0, 0.1) is 3.57 Å². The number of hydrogen-bond donors (Lipinski definition) is 1. The SMILES string of the molecule is CN(C(=O)c1cc(Cl)ccc1I)C1CCC(N)CC1. The minimum absolute atomic E-state index is 0.0485. The Labute approximate surface area is 132 Å². The monoisotopic (exact) mass is 392 g/mol. The van der Waals surface area contributed by atoms with E-state index in [0.717, 1.165) is 29.3 Å². The first-order valence-corrected chi connectivity index (χ1v) is 7.92. The van der Waals surface area contributed by atoms with Gasteiger partial charge in [-0.3, -0.25) is 4.79 Å². The van der Waals surface area contributed by atoms with E-state index in [9.17, 15) is 4.79 Å². The minimum Gasteiger partial charge on any atom is -0.339 e. The molecule has 0 bridgehead atoms. The first-order chi connectivity index (χ1) is 8.99. The second kappa shape index (κ2) is 6.41. The van der Waals surface area contributed by atoms with Gasteiger partial charge in [0.05, 0.1) is 5.56 Å². The number of amides is 1. The number of benzene rings is 1. The maximum Gasteiger partial charge on any atom is 0.254 e. The first-order valence-electron chi connectivity index (χ1n) is 6.47. The van der Waals surface area contributed by atoms with Crippen molar-refractivity contribution in [2.45, 2.75) is 37.8 Å². The van der Waals surface area contributed by atoms with Crippen LogP contribution in [0.25, 0.3) is 0 Å². The fraction of sp³-hybridized carbons (Fsp3) is 0.500. The lowest BCUT2D eigenvalue weighted by Crippen LogP contribution is -2.42. The van der Waals surface area contributed by atoms with Gasteiger partial charge in [-0.2, -0.15) is 0 Å². The van der Waals surface area contributed by atoms with E-state index in [1.54, 1.807) is 12.1 Å². The van der Waals surface area contributed by atoms with Gasteiger partial charge in [0, 0.05) is 27.7 Å². The molecule has 3 nitrogen and oxygen atoms in total. The largest absolute Gasteiger partial charge is 0.339 e. The predicted molar refractivity (Wildman–Crippen MR) is 86.5 cm³/mol. The van der Waals surface area contributed by atoms with Crippen LogP contribution in [0.1, 0.15) is 36.0 Å². The third-order valence-electron chi connectivity index (χ3n) is 3.77. The maximum absolute atomic E-state index is 12.5. The van der Waals surface area contributed by atoms with Crippen LogP contribution >= 0.6 is 34.2 Å². The number of rotatable bonds is 2. The van der Waals surface area contributed by atoms with Gasteiger partial charge < -0.3 is 10.6 Å². The van der Waals surface area contributed by atoms with Crippen LogP contribution in [0.4, 0.5) is 0 Å². The zero-order valence-electron chi connectivity index (χ0n) is 10.9. The van der Waals surface area contributed by atoms with Gasteiger partial charge in [-0.1, -0.05) is 11.6 Å². The van der Waals surface area contributed by atoms with E-state index in [1.165, 1.54) is 0 Å². The van der Waals surface area contributed by atoms with Gasteiger partial charge in [0.2, 0.25) is 0 Å². The van der Waals surface area contributed by atoms with E-state index in [1.807, 2.05) is 18.0 Å². The molecule has 5 heteroatoms. The van der Waals surface area contributed by atoms with Crippen molar-refractivity contribution in [2.75, 3.05) is 7.05 Å². The second-order valence-corrected chi connectivity index (χ2v) is 6.71. The molecule has 1 aromatic carbocycles. The van der Waals surface area contributed by atoms with Gasteiger partial charge in [0.1, 0.15) is 0 Å². The van der Waals surface area contributed by atoms with Crippen molar-refractivity contribution in [1.82, 2.24) is 4.90 Å². The van der Waals surface area contributed by atoms with Crippen LogP contribution in [0.5, 0.6) is 0 Å². The van der Waals surface area contributed by atoms with Crippen LogP contribution in [0.15, 0.2) is 18.2 Å². The Balaban J connectivity index is 2.12. The van der Waals surface area contributed by atoms with Crippen LogP contribution in [-0.2, 0) is 0 Å². The number of nitrogens with zero attached hydrogens (tertiary/aromatic N) is 1. The highest BCUT2D eigenvalue weighted by Crippen LogP contribution is 2.25. The van der Waals surface area contributed by atoms with Gasteiger partial charge in [-0.25, -0.2) is 0 Å². The third-order valence-corrected chi connectivity index (χ3v) is 4.94. The number of nitrogens with two attached hydrogens (primary N) is 1. The molecule has 2 rings (SSSR count). The standard InChI is InChI=1S/C14H18ClIN2O/c1-18(11-5-3-10(17)4-6-11)14(19)12-8-9(15)2-7-13(12)16/h2,7-8,10-11H,3-6,17H2,1H3. The lowest BCUT2D eigenvalue weighted by atomic mass is 9.90. The van der Waals surface area contributed by atoms with E-state index < -0.39 is 0 Å². The summed E-state index contributed by atoms with van der Waals surface area (Å²) in [6.07, 6.45) is 3.96. The summed E-state index contributed by atoms with van der Waals surface area (Å²) >= 11 is 8.15. The first kappa shape index (κ1) is 15.1. The average molecular weight is 393 g/mol. The fourth-order valence-corrected chi connectivity index (χ4v) is 3.24. The number of carbonyl (C=O) groups excluding carboxylic acids is 1. The molecule has 0 radical (unpaired) electrons. The lowest BCUT2D eigenvalue weighted by Gasteiger charge is -2.33. The van der Waals surface area contributed by atoms with Gasteiger partial charge in [0.15, 0.2) is 0 Å². The van der Waals surface area contributed by atoms with E-state index >= 15 is 0 Å². The van der Waals surface area contributed by atoms with Crippen LogP contribution in [0.2, 0.25) is 5.02 Å². The highest BCUT2D eigenvalue weighted by molar-refractivity contribution is 14.1. The molecule has 1 saturated carbocycles. The number of halogens is 2. The summed E-state index contributed by atoms with van der Waals surface area (Å²) in [4.78, 5) is 14.4. The topological polar surface area (TPSA) is 46.3 Å². The zero-order valence-corrected chi connectivity index (χ0v) is 13.8. The highest BCUT2D eigenvalue weighted by atomic mass is 127. The Morgan fingerprint density at radius 3 is 2.63 bits per heavy atom. The van der Waals surface area contributed by atoms with Gasteiger partial charge in [0.25, 0.3) is 5.91 Å². The maximum atomic E-state index is 12.5. The van der Waals surface area contributed by atoms with Gasteiger partial charge >= 0.3 is 0 Å². The third kappa shape index (κ3) is 3.61. The molecular formula is C14H18ClIN2O. The summed E-state index contributed by atoms with van der Waals surface area (Å²) < 4.78 is 0.936. The molecule has 19 heavy (non-hydrogen) atoms. The summed E-state index contributed by atoms with van der Waals surface area (Å²) in [6.45, 7) is 0. The molecule has 104 valence electrons. The Hall–Kier alpha value is -0.330. The molecule has 2 N–H and O–H groups in total. The molecule has 0 atom stereocenters. The summed E-state index contributed by atoms with van der Waals surface area (Å²) in [5.74, 6) is 0.0485. The van der Waals surface area contributed by atoms with Crippen LogP contribution < -0.4 is 5.73 Å². The molecule has 0 aliphatic heterocycles. The van der Waals surface area contributed by atoms with Crippen LogP contribution in [0.3, 0.4) is 0 Å². The molecular weight excluding hydrogens is 375 g/mol. The molecule has 1 aliphatic carbocycles. The average Bonchev–Trinajstić information content (AvgIpc) is 2.41. The predicted octanol–water partition coefficient (Wildman–Crippen LogP) is 3.29. The second-order valence-electron chi connectivity index (χ2n) is 5.11. The molecule has 0 heterocycles. The smallest absolute Gasteiger partial charge is 0.254 e. The summed E-state index contributed by atoms with van der Waals surface area (Å²) in [5.41, 5.74) is 6.59. The Morgan fingerprint density at radius 1 is 1.37 bits per heavy atom. The molecule has 0 saturated heterocycles. The zero-order chi connectivity index (χ0) is 14.0. The molecule has 1 aliphatic rings. The van der Waals surface area contributed by atoms with E-state index in [4.69, 9.17) is 17.3 Å². The van der Waals surface area contributed by atoms with Crippen molar-refractivity contribution in [2.24, 2.45) is 5.73 Å². The molecule has 0 spiro atoms. The van der Waals surface area contributed by atoms with Crippen molar-refractivity contribution >= 4 is 40.1 Å². The Kier molecular flexibility index (Phi) is 5.09. The van der Waals surface area contributed by atoms with E-state index in [-0.39, 0.29) is 5.91 Å². The normalized spacial score (nSPS) is 23.2. The molecule has 1 aromatic rings. The van der Waals surface area contributed by atoms with Gasteiger partial charge in [-0.05, 0) is 66.5 Å². The minimum atomic E-state index is 0.0485. The highest BCUT2D eigenvalue weighted by Gasteiger charge is 2.26. The summed E-state index contributed by atoms with van der Waals surface area (Å²) in [7, 11) is 1.88. The number of carbonyl (C=O) groups is 1. The van der Waals surface area contributed by atoms with Crippen LogP contribution in [-0.4, -0.2) is 29.9 Å². The van der Waals surface area contributed by atoms with E-state index in [0.29, 0.717) is 22.7 Å². The van der Waals surface area contributed by atoms with Crippen molar-refractivity contribution in [3.63, 3.8) is 0 Å². The summed E-state index contributed by atoms with van der Waals surface area (Å²) in [6, 6.07) is 6.02. The van der Waals surface area contributed by atoms with Crippen molar-refractivity contribution in [1.29, 1.82) is 0 Å². The molecule has 1 fully saturated rings. The fourth-order valence-electron chi connectivity index (χ4n) is 2.51.